The van der Waals surface area contributed by atoms with E-state index in [4.69, 9.17) is 22.6 Å². The minimum absolute atomic E-state index is 0.446. The maximum atomic E-state index is 8.69. The van der Waals surface area contributed by atoms with Gasteiger partial charge in [0.25, 0.3) is 0 Å². The van der Waals surface area contributed by atoms with Crippen molar-refractivity contribution in [1.29, 1.82) is 5.26 Å². The van der Waals surface area contributed by atoms with E-state index in [1.165, 1.54) is 0 Å². The van der Waals surface area contributed by atoms with E-state index in [9.17, 15) is 0 Å². The van der Waals surface area contributed by atoms with Crippen LogP contribution < -0.4 is 5.73 Å². The molecule has 0 amide bonds. The average Bonchev–Trinajstić information content (AvgIpc) is 2.03. The van der Waals surface area contributed by atoms with E-state index < -0.39 is 0 Å². The molecule has 12 heavy (non-hydrogen) atoms. The lowest BCUT2D eigenvalue weighted by molar-refractivity contribution is 1.07. The van der Waals surface area contributed by atoms with Crippen LogP contribution in [0.25, 0.3) is 0 Å². The van der Waals surface area contributed by atoms with E-state index in [2.05, 4.69) is 22.6 Å². The van der Waals surface area contributed by atoms with E-state index in [0.29, 0.717) is 17.1 Å². The predicted molar refractivity (Wildman–Crippen MR) is 56.8 cm³/mol. The molecule has 2 N–H and O–H groups in total. The normalized spacial score (nSPS) is 9.50. The SMILES string of the molecule is N#Cc1c(Cl)cc(CN)cc1I. The summed E-state index contributed by atoms with van der Waals surface area (Å²) in [6.07, 6.45) is 0. The van der Waals surface area contributed by atoms with Gasteiger partial charge in [-0.05, 0) is 40.3 Å². The van der Waals surface area contributed by atoms with Gasteiger partial charge < -0.3 is 5.73 Å². The molecule has 1 aromatic rings. The highest BCUT2D eigenvalue weighted by atomic mass is 127. The second kappa shape index (κ2) is 4.08. The summed E-state index contributed by atoms with van der Waals surface area (Å²) in [5, 5.41) is 9.17. The zero-order chi connectivity index (χ0) is 9.14. The molecule has 0 aliphatic carbocycles. The van der Waals surface area contributed by atoms with Crippen LogP contribution in [0.3, 0.4) is 0 Å². The van der Waals surface area contributed by atoms with Crippen molar-refractivity contribution in [1.82, 2.24) is 0 Å². The zero-order valence-electron chi connectivity index (χ0n) is 6.14. The largest absolute Gasteiger partial charge is 0.326 e. The van der Waals surface area contributed by atoms with E-state index in [1.807, 2.05) is 12.1 Å². The predicted octanol–water partition coefficient (Wildman–Crippen LogP) is 2.27. The molecular weight excluding hydrogens is 286 g/mol. The molecule has 2 nitrogen and oxygen atoms in total. The van der Waals surface area contributed by atoms with Crippen molar-refractivity contribution in [2.45, 2.75) is 6.54 Å². The monoisotopic (exact) mass is 292 g/mol. The van der Waals surface area contributed by atoms with E-state index >= 15 is 0 Å². The highest BCUT2D eigenvalue weighted by Gasteiger charge is 2.05. The van der Waals surface area contributed by atoms with Crippen molar-refractivity contribution < 1.29 is 0 Å². The summed E-state index contributed by atoms with van der Waals surface area (Å²) in [5.74, 6) is 0. The van der Waals surface area contributed by atoms with Crippen LogP contribution in [-0.2, 0) is 6.54 Å². The van der Waals surface area contributed by atoms with Gasteiger partial charge in [-0.25, -0.2) is 0 Å². The van der Waals surface area contributed by atoms with Gasteiger partial charge in [-0.15, -0.1) is 0 Å². The number of halogens is 2. The number of nitriles is 1. The Hall–Kier alpha value is -0.310. The molecule has 0 unspecified atom stereocenters. The van der Waals surface area contributed by atoms with Gasteiger partial charge in [0.1, 0.15) is 6.07 Å². The minimum atomic E-state index is 0.446. The van der Waals surface area contributed by atoms with Crippen LogP contribution in [0.4, 0.5) is 0 Å². The molecule has 4 heteroatoms. The quantitative estimate of drug-likeness (QED) is 0.807. The number of benzene rings is 1. The maximum absolute atomic E-state index is 8.69. The molecule has 0 aromatic heterocycles. The summed E-state index contributed by atoms with van der Waals surface area (Å²) < 4.78 is 0.850. The van der Waals surface area contributed by atoms with Gasteiger partial charge in [-0.2, -0.15) is 5.26 Å². The van der Waals surface area contributed by atoms with Crippen molar-refractivity contribution in [2.75, 3.05) is 0 Å². The fourth-order valence-electron chi connectivity index (χ4n) is 0.850. The van der Waals surface area contributed by atoms with Crippen molar-refractivity contribution in [2.24, 2.45) is 5.73 Å². The lowest BCUT2D eigenvalue weighted by atomic mass is 10.1. The van der Waals surface area contributed by atoms with Crippen LogP contribution in [0.15, 0.2) is 12.1 Å². The molecule has 62 valence electrons. The van der Waals surface area contributed by atoms with Gasteiger partial charge in [0.05, 0.1) is 10.6 Å². The third kappa shape index (κ3) is 1.89. The van der Waals surface area contributed by atoms with Crippen LogP contribution in [-0.4, -0.2) is 0 Å². The van der Waals surface area contributed by atoms with E-state index in [0.717, 1.165) is 9.13 Å². The van der Waals surface area contributed by atoms with Gasteiger partial charge in [0, 0.05) is 10.1 Å². The number of rotatable bonds is 1. The van der Waals surface area contributed by atoms with Gasteiger partial charge >= 0.3 is 0 Å². The van der Waals surface area contributed by atoms with Crippen molar-refractivity contribution in [3.05, 3.63) is 31.9 Å². The third-order valence-corrected chi connectivity index (χ3v) is 2.60. The first-order valence-corrected chi connectivity index (χ1v) is 4.72. The molecule has 0 aliphatic rings. The lowest BCUT2D eigenvalue weighted by Gasteiger charge is -2.01. The van der Waals surface area contributed by atoms with Crippen molar-refractivity contribution in [3.8, 4) is 6.07 Å². The molecule has 0 bridgehead atoms. The van der Waals surface area contributed by atoms with Crippen molar-refractivity contribution >= 4 is 34.2 Å². The van der Waals surface area contributed by atoms with Gasteiger partial charge in [0.2, 0.25) is 0 Å². The smallest absolute Gasteiger partial charge is 0.102 e. The third-order valence-electron chi connectivity index (χ3n) is 1.45. The van der Waals surface area contributed by atoms with Crippen LogP contribution in [0.1, 0.15) is 11.1 Å². The second-order valence-electron chi connectivity index (χ2n) is 2.25. The highest BCUT2D eigenvalue weighted by molar-refractivity contribution is 14.1. The molecule has 0 fully saturated rings. The summed E-state index contributed by atoms with van der Waals surface area (Å²) in [5.41, 5.74) is 6.90. The maximum Gasteiger partial charge on any atom is 0.102 e. The Morgan fingerprint density at radius 1 is 1.58 bits per heavy atom. The second-order valence-corrected chi connectivity index (χ2v) is 3.82. The fourth-order valence-corrected chi connectivity index (χ4v) is 2.11. The van der Waals surface area contributed by atoms with E-state index in [-0.39, 0.29) is 0 Å². The first-order valence-electron chi connectivity index (χ1n) is 3.27. The topological polar surface area (TPSA) is 49.8 Å². The number of nitrogens with zero attached hydrogens (tertiary/aromatic N) is 1. The van der Waals surface area contributed by atoms with Crippen LogP contribution in [0.5, 0.6) is 0 Å². The Kier molecular flexibility index (Phi) is 3.32. The van der Waals surface area contributed by atoms with Crippen LogP contribution in [0, 0.1) is 14.9 Å². The summed E-state index contributed by atoms with van der Waals surface area (Å²) in [6, 6.07) is 5.63. The van der Waals surface area contributed by atoms with Gasteiger partial charge in [-0.3, -0.25) is 0 Å². The molecule has 1 aromatic carbocycles. The molecule has 0 aliphatic heterocycles. The zero-order valence-corrected chi connectivity index (χ0v) is 9.06. The minimum Gasteiger partial charge on any atom is -0.326 e. The van der Waals surface area contributed by atoms with Gasteiger partial charge in [-0.1, -0.05) is 11.6 Å². The summed E-state index contributed by atoms with van der Waals surface area (Å²) in [6.45, 7) is 0.446. The Balaban J connectivity index is 3.30. The summed E-state index contributed by atoms with van der Waals surface area (Å²) in [4.78, 5) is 0. The average molecular weight is 293 g/mol. The molecule has 0 heterocycles. The van der Waals surface area contributed by atoms with Crippen LogP contribution >= 0.6 is 34.2 Å². The number of hydrogen-bond acceptors (Lipinski definition) is 2. The molecule has 0 atom stereocenters. The Labute approximate surface area is 89.5 Å². The standard InChI is InChI=1S/C8H6ClIN2/c9-7-1-5(3-11)2-8(10)6(7)4-12/h1-2H,3,11H2. The van der Waals surface area contributed by atoms with E-state index in [1.54, 1.807) is 6.07 Å². The highest BCUT2D eigenvalue weighted by Crippen LogP contribution is 2.22. The number of hydrogen-bond donors (Lipinski definition) is 1. The lowest BCUT2D eigenvalue weighted by Crippen LogP contribution is -1.97. The van der Waals surface area contributed by atoms with Crippen molar-refractivity contribution in [3.63, 3.8) is 0 Å². The fraction of sp³-hybridized carbons (Fsp3) is 0.125. The van der Waals surface area contributed by atoms with Gasteiger partial charge in [0.15, 0.2) is 0 Å². The molecule has 1 rings (SSSR count). The first kappa shape index (κ1) is 9.78. The van der Waals surface area contributed by atoms with Crippen LogP contribution in [0.2, 0.25) is 5.02 Å². The summed E-state index contributed by atoms with van der Waals surface area (Å²) in [7, 11) is 0. The molecule has 0 spiro atoms. The molecule has 0 radical (unpaired) electrons. The molecule has 0 saturated carbocycles. The Bertz CT molecular complexity index is 320. The number of nitrogens with two attached hydrogens (primary N) is 1. The summed E-state index contributed by atoms with van der Waals surface area (Å²) >= 11 is 7.90. The molecule has 0 saturated heterocycles. The Morgan fingerprint density at radius 3 is 2.67 bits per heavy atom. The molecular formula is C8H6ClIN2. The first-order chi connectivity index (χ1) is 5.69. The Morgan fingerprint density at radius 2 is 2.25 bits per heavy atom.